The first kappa shape index (κ1) is 24.1. The lowest BCUT2D eigenvalue weighted by atomic mass is 10.2. The Labute approximate surface area is 193 Å². The Balaban J connectivity index is 1.95. The zero-order valence-corrected chi connectivity index (χ0v) is 19.3. The second-order valence-corrected chi connectivity index (χ2v) is 9.31. The van der Waals surface area contributed by atoms with Crippen molar-refractivity contribution < 1.29 is 21.6 Å². The Morgan fingerprint density at radius 2 is 1.94 bits per heavy atom. The molecule has 0 aliphatic rings. The van der Waals surface area contributed by atoms with Gasteiger partial charge in [0.15, 0.2) is 0 Å². The summed E-state index contributed by atoms with van der Waals surface area (Å²) in [6.07, 6.45) is 2.30. The highest BCUT2D eigenvalue weighted by molar-refractivity contribution is 7.94. The molecule has 0 saturated heterocycles. The fourth-order valence-electron chi connectivity index (χ4n) is 2.79. The third-order valence-electron chi connectivity index (χ3n) is 4.42. The van der Waals surface area contributed by atoms with Crippen LogP contribution in [-0.4, -0.2) is 40.6 Å². The van der Waals surface area contributed by atoms with Crippen molar-refractivity contribution in [3.63, 3.8) is 0 Å². The normalized spacial score (nSPS) is 11.4. The molecule has 32 heavy (non-hydrogen) atoms. The number of hydrogen-bond donors (Lipinski definition) is 2. The van der Waals surface area contributed by atoms with E-state index in [1.807, 2.05) is 0 Å². The minimum absolute atomic E-state index is 0.0789. The lowest BCUT2D eigenvalue weighted by molar-refractivity contribution is 0.552. The van der Waals surface area contributed by atoms with E-state index in [1.165, 1.54) is 24.4 Å². The molecule has 0 amide bonds. The number of likely N-dealkylation sites (N-methyl/N-ethyl adjacent to an activating group) is 2. The summed E-state index contributed by atoms with van der Waals surface area (Å²) in [6.45, 7) is 1.22. The molecule has 3 rings (SSSR count). The van der Waals surface area contributed by atoms with Gasteiger partial charge in [0.1, 0.15) is 22.8 Å². The summed E-state index contributed by atoms with van der Waals surface area (Å²) in [5.74, 6) is -1.56. The van der Waals surface area contributed by atoms with Gasteiger partial charge < -0.3 is 20.0 Å². The zero-order valence-electron chi connectivity index (χ0n) is 16.9. The van der Waals surface area contributed by atoms with Crippen LogP contribution >= 0.6 is 23.4 Å². The molecule has 2 aromatic carbocycles. The van der Waals surface area contributed by atoms with Crippen molar-refractivity contribution in [2.24, 2.45) is 0 Å². The van der Waals surface area contributed by atoms with Crippen LogP contribution < -0.4 is 19.4 Å². The van der Waals surface area contributed by atoms with E-state index in [0.717, 1.165) is 18.4 Å². The molecule has 0 unspecified atom stereocenters. The van der Waals surface area contributed by atoms with Crippen LogP contribution in [0.1, 0.15) is 0 Å². The van der Waals surface area contributed by atoms with Crippen molar-refractivity contribution >= 4 is 56.5 Å². The number of rotatable bonds is 9. The average Bonchev–Trinajstić information content (AvgIpc) is 3.29. The molecule has 0 aliphatic heterocycles. The van der Waals surface area contributed by atoms with E-state index in [9.17, 15) is 17.2 Å². The maximum Gasteiger partial charge on any atom is 0.327 e. The molecule has 0 bridgehead atoms. The van der Waals surface area contributed by atoms with Crippen molar-refractivity contribution in [1.29, 1.82) is 0 Å². The van der Waals surface area contributed by atoms with Gasteiger partial charge >= 0.3 is 6.01 Å². The van der Waals surface area contributed by atoms with E-state index < -0.39 is 32.6 Å². The summed E-state index contributed by atoms with van der Waals surface area (Å²) in [5, 5.41) is 5.83. The maximum atomic E-state index is 14.8. The quantitative estimate of drug-likeness (QED) is 0.417. The molecule has 0 atom stereocenters. The van der Waals surface area contributed by atoms with Crippen LogP contribution in [0.2, 0.25) is 5.02 Å². The Morgan fingerprint density at radius 3 is 2.59 bits per heavy atom. The van der Waals surface area contributed by atoms with Gasteiger partial charge in [0, 0.05) is 38.0 Å². The van der Waals surface area contributed by atoms with Gasteiger partial charge in [-0.15, -0.1) is 3.82 Å². The van der Waals surface area contributed by atoms with Crippen molar-refractivity contribution in [1.82, 2.24) is 10.3 Å². The van der Waals surface area contributed by atoms with Gasteiger partial charge in [-0.25, -0.2) is 13.8 Å². The number of anilines is 4. The van der Waals surface area contributed by atoms with Crippen LogP contribution in [0.4, 0.5) is 31.9 Å². The molecule has 13 heteroatoms. The fourth-order valence-corrected chi connectivity index (χ4v) is 4.41. The van der Waals surface area contributed by atoms with E-state index in [-0.39, 0.29) is 14.5 Å². The van der Waals surface area contributed by atoms with Crippen LogP contribution in [0, 0.1) is 11.6 Å². The second kappa shape index (κ2) is 9.90. The number of benzene rings is 2. The summed E-state index contributed by atoms with van der Waals surface area (Å²) in [4.78, 5) is 4.66. The number of hydrogen-bond acceptors (Lipinski definition) is 7. The molecule has 0 saturated carbocycles. The first-order valence-electron chi connectivity index (χ1n) is 9.17. The largest absolute Gasteiger partial charge is 0.430 e. The molecule has 1 aromatic heterocycles. The van der Waals surface area contributed by atoms with Gasteiger partial charge in [0.05, 0.1) is 28.3 Å². The van der Waals surface area contributed by atoms with Gasteiger partial charge in [0.2, 0.25) is 0 Å². The van der Waals surface area contributed by atoms with Crippen molar-refractivity contribution in [3.05, 3.63) is 59.4 Å². The molecule has 2 N–H and O–H groups in total. The monoisotopic (exact) mass is 505 g/mol. The lowest BCUT2D eigenvalue weighted by Crippen LogP contribution is -2.27. The molecule has 0 spiro atoms. The highest BCUT2D eigenvalue weighted by Crippen LogP contribution is 2.36. The number of nitrogens with one attached hydrogen (secondary N) is 2. The molecule has 0 radical (unpaired) electrons. The second-order valence-electron chi connectivity index (χ2n) is 6.61. The van der Waals surface area contributed by atoms with E-state index in [4.69, 9.17) is 27.8 Å². The summed E-state index contributed by atoms with van der Waals surface area (Å²) in [5.41, 5.74) is 1.03. The minimum atomic E-state index is -4.55. The molecular formula is C19H19Cl2F2N5O3S. The predicted molar refractivity (Wildman–Crippen MR) is 120 cm³/mol. The molecule has 3 aromatic rings. The Bertz CT molecular complexity index is 1200. The van der Waals surface area contributed by atoms with Crippen LogP contribution in [-0.2, 0) is 10.0 Å². The number of halogens is 4. The van der Waals surface area contributed by atoms with Crippen LogP contribution in [0.3, 0.4) is 0 Å². The standard InChI is InChI=1S/C19H19Cl2F2N5O3S/c1-24-5-7-27(2)17-9-12(22)3-4-15(17)26-16-11-14(23)18(10-13(16)20)32(29,30)28(21)19-25-6-8-31-19/h3-4,6,8-11,24,26H,5,7H2,1-2H3. The summed E-state index contributed by atoms with van der Waals surface area (Å²) in [6, 6.07) is 5.41. The first-order valence-corrected chi connectivity index (χ1v) is 11.3. The van der Waals surface area contributed by atoms with E-state index in [2.05, 4.69) is 15.6 Å². The van der Waals surface area contributed by atoms with Gasteiger partial charge in [-0.1, -0.05) is 11.6 Å². The molecule has 1 heterocycles. The lowest BCUT2D eigenvalue weighted by Gasteiger charge is -2.23. The summed E-state index contributed by atoms with van der Waals surface area (Å²) < 4.78 is 59.0. The molecular weight excluding hydrogens is 487 g/mol. The maximum absolute atomic E-state index is 14.8. The average molecular weight is 506 g/mol. The highest BCUT2D eigenvalue weighted by Gasteiger charge is 2.31. The van der Waals surface area contributed by atoms with E-state index in [0.29, 0.717) is 24.5 Å². The molecule has 8 nitrogen and oxygen atoms in total. The first-order chi connectivity index (χ1) is 15.1. The van der Waals surface area contributed by atoms with Crippen molar-refractivity contribution in [2.75, 3.05) is 41.2 Å². The summed E-state index contributed by atoms with van der Waals surface area (Å²) >= 11 is 12.0. The van der Waals surface area contributed by atoms with Gasteiger partial charge in [-0.05, 0) is 31.3 Å². The third-order valence-corrected chi connectivity index (χ3v) is 6.87. The van der Waals surface area contributed by atoms with Crippen molar-refractivity contribution in [2.45, 2.75) is 4.90 Å². The van der Waals surface area contributed by atoms with Crippen LogP contribution in [0.25, 0.3) is 0 Å². The Kier molecular flexibility index (Phi) is 7.44. The van der Waals surface area contributed by atoms with Crippen LogP contribution in [0.5, 0.6) is 0 Å². The minimum Gasteiger partial charge on any atom is -0.430 e. The third kappa shape index (κ3) is 5.07. The number of sulfonamides is 1. The molecule has 0 fully saturated rings. The fraction of sp³-hybridized carbons (Fsp3) is 0.211. The van der Waals surface area contributed by atoms with Crippen molar-refractivity contribution in [3.8, 4) is 0 Å². The zero-order chi connectivity index (χ0) is 23.5. The van der Waals surface area contributed by atoms with E-state index in [1.54, 1.807) is 19.0 Å². The SMILES string of the molecule is CNCCN(C)c1cc(F)ccc1Nc1cc(F)c(S(=O)(=O)N(Cl)c2ncco2)cc1Cl. The van der Waals surface area contributed by atoms with Crippen LogP contribution in [0.15, 0.2) is 52.1 Å². The Morgan fingerprint density at radius 1 is 1.19 bits per heavy atom. The molecule has 172 valence electrons. The van der Waals surface area contributed by atoms with Gasteiger partial charge in [-0.2, -0.15) is 8.42 Å². The van der Waals surface area contributed by atoms with Gasteiger partial charge in [0.25, 0.3) is 10.0 Å². The molecule has 0 aliphatic carbocycles. The summed E-state index contributed by atoms with van der Waals surface area (Å²) in [7, 11) is -0.989. The highest BCUT2D eigenvalue weighted by atomic mass is 35.5. The van der Waals surface area contributed by atoms with E-state index >= 15 is 0 Å². The topological polar surface area (TPSA) is 90.7 Å². The number of oxazole rings is 1. The number of aromatic nitrogens is 1. The predicted octanol–water partition coefficient (Wildman–Crippen LogP) is 4.35. The van der Waals surface area contributed by atoms with Gasteiger partial charge in [-0.3, -0.25) is 0 Å². The Hall–Kier alpha value is -2.60. The number of nitrogens with zero attached hydrogens (tertiary/aromatic N) is 3. The smallest absolute Gasteiger partial charge is 0.327 e.